The summed E-state index contributed by atoms with van der Waals surface area (Å²) in [4.78, 5) is 25.4. The Hall–Kier alpha value is -4.08. The first-order chi connectivity index (χ1) is 20.5. The summed E-state index contributed by atoms with van der Waals surface area (Å²) in [5, 5.41) is 19.0. The Morgan fingerprint density at radius 3 is 2.48 bits per heavy atom. The monoisotopic (exact) mass is 571 g/mol. The van der Waals surface area contributed by atoms with Crippen molar-refractivity contribution in [1.82, 2.24) is 10.6 Å². The van der Waals surface area contributed by atoms with Gasteiger partial charge in [-0.15, -0.1) is 0 Å². The minimum absolute atomic E-state index is 0.0551. The van der Waals surface area contributed by atoms with Gasteiger partial charge in [0, 0.05) is 29.8 Å². The number of ether oxygens (including phenoxy) is 3. The lowest BCUT2D eigenvalue weighted by atomic mass is 9.84. The molecule has 0 bridgehead atoms. The lowest BCUT2D eigenvalue weighted by Gasteiger charge is -2.37. The van der Waals surface area contributed by atoms with Gasteiger partial charge in [0.25, 0.3) is 0 Å². The van der Waals surface area contributed by atoms with Gasteiger partial charge in [0.2, 0.25) is 5.91 Å². The molecule has 0 unspecified atom stereocenters. The molecule has 0 aromatic heterocycles. The molecule has 0 spiro atoms. The Balaban J connectivity index is 1.03. The van der Waals surface area contributed by atoms with E-state index in [0.29, 0.717) is 18.7 Å². The molecule has 1 aliphatic carbocycles. The molecule has 3 amide bonds. The predicted molar refractivity (Wildman–Crippen MR) is 158 cm³/mol. The Morgan fingerprint density at radius 2 is 1.71 bits per heavy atom. The average molecular weight is 572 g/mol. The minimum Gasteiger partial charge on any atom is -0.487 e. The molecule has 0 radical (unpaired) electrons. The number of hydrogen-bond donors (Lipinski definition) is 4. The number of hydrogen-bond acceptors (Lipinski definition) is 6. The number of aliphatic hydroxyl groups is 1. The van der Waals surface area contributed by atoms with E-state index in [2.05, 4.69) is 16.0 Å². The van der Waals surface area contributed by atoms with Gasteiger partial charge in [-0.25, -0.2) is 4.79 Å². The highest BCUT2D eigenvalue weighted by molar-refractivity contribution is 5.89. The molecule has 220 valence electrons. The number of rotatable bonds is 9. The summed E-state index contributed by atoms with van der Waals surface area (Å²) >= 11 is 0. The molecule has 3 aromatic carbocycles. The fraction of sp³-hybridized carbons (Fsp3) is 0.394. The molecule has 1 saturated heterocycles. The van der Waals surface area contributed by atoms with Crippen LogP contribution in [0.3, 0.4) is 0 Å². The molecule has 2 fully saturated rings. The molecule has 3 aromatic rings. The third-order valence-electron chi connectivity index (χ3n) is 8.25. The van der Waals surface area contributed by atoms with Gasteiger partial charge >= 0.3 is 6.03 Å². The van der Waals surface area contributed by atoms with Crippen LogP contribution in [0.15, 0.2) is 72.8 Å². The van der Waals surface area contributed by atoms with E-state index >= 15 is 0 Å². The van der Waals surface area contributed by atoms with Crippen molar-refractivity contribution < 1.29 is 28.9 Å². The second-order valence-electron chi connectivity index (χ2n) is 11.3. The average Bonchev–Trinajstić information content (AvgIpc) is 3.64. The van der Waals surface area contributed by atoms with E-state index in [-0.39, 0.29) is 49.1 Å². The third-order valence-corrected chi connectivity index (χ3v) is 8.25. The number of amides is 3. The number of aliphatic hydroxyl groups excluding tert-OH is 1. The minimum atomic E-state index is -0.548. The molecule has 4 N–H and O–H groups in total. The van der Waals surface area contributed by atoms with Crippen molar-refractivity contribution in [2.75, 3.05) is 11.9 Å². The summed E-state index contributed by atoms with van der Waals surface area (Å²) in [6, 6.07) is 22.8. The van der Waals surface area contributed by atoms with Crippen LogP contribution in [0.1, 0.15) is 55.6 Å². The number of benzene rings is 3. The zero-order chi connectivity index (χ0) is 28.9. The fourth-order valence-electron chi connectivity index (χ4n) is 6.17. The van der Waals surface area contributed by atoms with E-state index in [4.69, 9.17) is 14.2 Å². The van der Waals surface area contributed by atoms with Crippen LogP contribution in [0.25, 0.3) is 0 Å². The number of carbonyl (C=O) groups is 2. The Bertz CT molecular complexity index is 1380. The van der Waals surface area contributed by atoms with Gasteiger partial charge in [-0.05, 0) is 67.3 Å². The first-order valence-electron chi connectivity index (χ1n) is 14.8. The highest BCUT2D eigenvalue weighted by atomic mass is 16.6. The van der Waals surface area contributed by atoms with Crippen molar-refractivity contribution in [1.29, 1.82) is 0 Å². The Morgan fingerprint density at radius 1 is 0.952 bits per heavy atom. The van der Waals surface area contributed by atoms with Gasteiger partial charge in [0.15, 0.2) is 0 Å². The van der Waals surface area contributed by atoms with Crippen LogP contribution in [-0.2, 0) is 16.1 Å². The zero-order valence-electron chi connectivity index (χ0n) is 23.5. The van der Waals surface area contributed by atoms with Crippen LogP contribution >= 0.6 is 0 Å². The quantitative estimate of drug-likeness (QED) is 0.279. The summed E-state index contributed by atoms with van der Waals surface area (Å²) in [5.74, 6) is 2.03. The van der Waals surface area contributed by atoms with Crippen LogP contribution in [0.5, 0.6) is 17.2 Å². The largest absolute Gasteiger partial charge is 0.487 e. The summed E-state index contributed by atoms with van der Waals surface area (Å²) in [5.41, 5.74) is 2.61. The van der Waals surface area contributed by atoms with Crippen molar-refractivity contribution >= 4 is 17.6 Å². The van der Waals surface area contributed by atoms with E-state index in [0.717, 1.165) is 54.1 Å². The molecular weight excluding hydrogens is 534 g/mol. The molecule has 42 heavy (non-hydrogen) atoms. The van der Waals surface area contributed by atoms with E-state index in [9.17, 15) is 14.7 Å². The van der Waals surface area contributed by atoms with Crippen molar-refractivity contribution in [2.45, 2.75) is 75.3 Å². The smallest absolute Gasteiger partial charge is 0.319 e. The molecule has 9 nitrogen and oxygen atoms in total. The summed E-state index contributed by atoms with van der Waals surface area (Å²) < 4.78 is 18.1. The second-order valence-corrected chi connectivity index (χ2v) is 11.3. The van der Waals surface area contributed by atoms with Gasteiger partial charge in [0.05, 0.1) is 19.1 Å². The molecule has 2 heterocycles. The Labute approximate surface area is 245 Å². The predicted octanol–water partition coefficient (Wildman–Crippen LogP) is 5.24. The van der Waals surface area contributed by atoms with Crippen LogP contribution in [0.2, 0.25) is 0 Å². The zero-order valence-corrected chi connectivity index (χ0v) is 23.5. The number of anilines is 1. The van der Waals surface area contributed by atoms with Gasteiger partial charge in [-0.2, -0.15) is 0 Å². The summed E-state index contributed by atoms with van der Waals surface area (Å²) in [6.45, 7) is 0.177. The second kappa shape index (κ2) is 12.8. The molecule has 9 heteroatoms. The standard InChI is InChI=1S/C33H37N3O6/c37-20-30-32-28(27-16-23(12-15-29(27)42-32)36-33(39)35-22-6-4-5-7-22)17-26(41-30)18-31(38)34-19-21-10-13-25(14-11-21)40-24-8-2-1-3-9-24/h1-3,8-16,22,26,28,30,32,37H,4-7,17-20H2,(H,34,38)(H2,35,36,39)/t26-,28-,30-,32+/m0/s1. The van der Waals surface area contributed by atoms with E-state index in [1.807, 2.05) is 72.8 Å². The molecular formula is C33H37N3O6. The van der Waals surface area contributed by atoms with Crippen LogP contribution < -0.4 is 25.4 Å². The number of fused-ring (bicyclic) bond motifs is 3. The molecule has 4 atom stereocenters. The summed E-state index contributed by atoms with van der Waals surface area (Å²) in [7, 11) is 0. The maximum Gasteiger partial charge on any atom is 0.319 e. The first kappa shape index (κ1) is 28.1. The molecule has 6 rings (SSSR count). The topological polar surface area (TPSA) is 118 Å². The van der Waals surface area contributed by atoms with E-state index < -0.39 is 6.10 Å². The molecule has 3 aliphatic rings. The Kier molecular flexibility index (Phi) is 8.58. The van der Waals surface area contributed by atoms with E-state index in [1.54, 1.807) is 0 Å². The SMILES string of the molecule is O=C(C[C@@H]1C[C@H]2c3cc(NC(=O)NC4CCCC4)ccc3O[C@H]2[C@H](CO)O1)NCc1ccc(Oc2ccccc2)cc1. The van der Waals surface area contributed by atoms with Crippen molar-refractivity contribution in [3.8, 4) is 17.2 Å². The fourth-order valence-corrected chi connectivity index (χ4v) is 6.17. The van der Waals surface area contributed by atoms with Crippen molar-refractivity contribution in [3.63, 3.8) is 0 Å². The maximum atomic E-state index is 12.9. The maximum absolute atomic E-state index is 12.9. The summed E-state index contributed by atoms with van der Waals surface area (Å²) in [6.07, 6.45) is 3.81. The van der Waals surface area contributed by atoms with Crippen LogP contribution in [-0.4, -0.2) is 48.0 Å². The van der Waals surface area contributed by atoms with Gasteiger partial charge in [0.1, 0.15) is 29.5 Å². The highest BCUT2D eigenvalue weighted by Crippen LogP contribution is 2.47. The molecule has 1 saturated carbocycles. The number of nitrogens with one attached hydrogen (secondary N) is 3. The van der Waals surface area contributed by atoms with Crippen molar-refractivity contribution in [3.05, 3.63) is 83.9 Å². The van der Waals surface area contributed by atoms with Gasteiger partial charge in [-0.3, -0.25) is 4.79 Å². The van der Waals surface area contributed by atoms with E-state index in [1.165, 1.54) is 0 Å². The normalized spacial score (nSPS) is 22.9. The van der Waals surface area contributed by atoms with Gasteiger partial charge < -0.3 is 35.3 Å². The van der Waals surface area contributed by atoms with Crippen LogP contribution in [0.4, 0.5) is 10.5 Å². The van der Waals surface area contributed by atoms with Crippen LogP contribution in [0, 0.1) is 0 Å². The van der Waals surface area contributed by atoms with Gasteiger partial charge in [-0.1, -0.05) is 43.2 Å². The number of para-hydroxylation sites is 1. The third kappa shape index (κ3) is 6.69. The first-order valence-corrected chi connectivity index (χ1v) is 14.8. The lowest BCUT2D eigenvalue weighted by molar-refractivity contribution is -0.142. The number of urea groups is 1. The highest BCUT2D eigenvalue weighted by Gasteiger charge is 2.46. The lowest BCUT2D eigenvalue weighted by Crippen LogP contribution is -2.47. The number of carbonyl (C=O) groups excluding carboxylic acids is 2. The molecule has 2 aliphatic heterocycles. The van der Waals surface area contributed by atoms with Crippen molar-refractivity contribution in [2.24, 2.45) is 0 Å².